The highest BCUT2D eigenvalue weighted by Crippen LogP contribution is 2.28. The maximum atomic E-state index is 12.6. The second-order valence-electron chi connectivity index (χ2n) is 8.49. The molecule has 0 spiro atoms. The van der Waals surface area contributed by atoms with E-state index in [4.69, 9.17) is 9.47 Å². The molecule has 174 valence electrons. The standard InChI is InChI=1S/C27H32N2O3S/c1-20-10-7-11-21(2)25(20)32-16-6-4-3-5-15-31-23-13-8-12-22(18-23)19-24-26(30)29-14-9-17-33-27(29)28-24/h7-8,10-13,18-19H,3-6,9,14-17H2,1-2H3/b24-19-. The number of hydrogen-bond acceptors (Lipinski definition) is 5. The molecule has 2 aromatic rings. The number of thioether (sulfide) groups is 1. The first-order valence-corrected chi connectivity index (χ1v) is 12.8. The van der Waals surface area contributed by atoms with Crippen molar-refractivity contribution in [1.82, 2.24) is 4.90 Å². The van der Waals surface area contributed by atoms with Gasteiger partial charge in [0.1, 0.15) is 17.2 Å². The van der Waals surface area contributed by atoms with Crippen LogP contribution in [0.15, 0.2) is 53.2 Å². The van der Waals surface area contributed by atoms with Gasteiger partial charge in [0.15, 0.2) is 5.17 Å². The van der Waals surface area contributed by atoms with Crippen molar-refractivity contribution >= 4 is 28.9 Å². The van der Waals surface area contributed by atoms with Crippen molar-refractivity contribution in [2.24, 2.45) is 4.99 Å². The number of amides is 1. The highest BCUT2D eigenvalue weighted by molar-refractivity contribution is 8.13. The molecule has 5 nitrogen and oxygen atoms in total. The normalized spacial score (nSPS) is 16.7. The van der Waals surface area contributed by atoms with E-state index in [1.165, 1.54) is 11.1 Å². The minimum absolute atomic E-state index is 0.00471. The van der Waals surface area contributed by atoms with Crippen LogP contribution >= 0.6 is 11.8 Å². The van der Waals surface area contributed by atoms with Crippen LogP contribution in [0.25, 0.3) is 6.08 Å². The van der Waals surface area contributed by atoms with Crippen molar-refractivity contribution < 1.29 is 14.3 Å². The van der Waals surface area contributed by atoms with Gasteiger partial charge in [-0.2, -0.15) is 0 Å². The molecule has 2 aromatic carbocycles. The molecule has 0 radical (unpaired) electrons. The number of amidine groups is 1. The van der Waals surface area contributed by atoms with E-state index in [-0.39, 0.29) is 5.91 Å². The molecule has 33 heavy (non-hydrogen) atoms. The largest absolute Gasteiger partial charge is 0.494 e. The Morgan fingerprint density at radius 2 is 1.73 bits per heavy atom. The van der Waals surface area contributed by atoms with Crippen molar-refractivity contribution in [3.8, 4) is 11.5 Å². The van der Waals surface area contributed by atoms with Crippen molar-refractivity contribution in [2.75, 3.05) is 25.5 Å². The number of aliphatic imine (C=N–C) groups is 1. The fraction of sp³-hybridized carbons (Fsp3) is 0.407. The molecule has 2 heterocycles. The van der Waals surface area contributed by atoms with Gasteiger partial charge in [0, 0.05) is 12.3 Å². The van der Waals surface area contributed by atoms with E-state index in [1.54, 1.807) is 16.7 Å². The van der Waals surface area contributed by atoms with Gasteiger partial charge >= 0.3 is 0 Å². The lowest BCUT2D eigenvalue weighted by molar-refractivity contribution is -0.122. The molecule has 1 fully saturated rings. The zero-order valence-electron chi connectivity index (χ0n) is 19.5. The number of nitrogens with zero attached hydrogens (tertiary/aromatic N) is 2. The van der Waals surface area contributed by atoms with E-state index >= 15 is 0 Å². The molecule has 0 N–H and O–H groups in total. The number of ether oxygens (including phenoxy) is 2. The van der Waals surface area contributed by atoms with Crippen molar-refractivity contribution in [3.05, 3.63) is 64.9 Å². The lowest BCUT2D eigenvalue weighted by atomic mass is 10.1. The first-order valence-electron chi connectivity index (χ1n) is 11.8. The van der Waals surface area contributed by atoms with Crippen LogP contribution in [-0.4, -0.2) is 41.5 Å². The first-order chi connectivity index (χ1) is 16.1. The quantitative estimate of drug-likeness (QED) is 0.320. The number of fused-ring (bicyclic) bond motifs is 1. The van der Waals surface area contributed by atoms with Crippen LogP contribution in [0.4, 0.5) is 0 Å². The van der Waals surface area contributed by atoms with Crippen LogP contribution in [0.5, 0.6) is 11.5 Å². The maximum absolute atomic E-state index is 12.6. The molecule has 0 unspecified atom stereocenters. The third kappa shape index (κ3) is 6.20. The van der Waals surface area contributed by atoms with Crippen molar-refractivity contribution in [2.45, 2.75) is 46.0 Å². The zero-order valence-corrected chi connectivity index (χ0v) is 20.3. The van der Waals surface area contributed by atoms with Crippen LogP contribution in [0.2, 0.25) is 0 Å². The molecular weight excluding hydrogens is 432 g/mol. The van der Waals surface area contributed by atoms with E-state index in [2.05, 4.69) is 37.0 Å². The summed E-state index contributed by atoms with van der Waals surface area (Å²) in [5, 5.41) is 0.837. The van der Waals surface area contributed by atoms with Crippen LogP contribution in [0.3, 0.4) is 0 Å². The number of hydrogen-bond donors (Lipinski definition) is 0. The third-order valence-corrected chi connectivity index (χ3v) is 6.86. The predicted octanol–water partition coefficient (Wildman–Crippen LogP) is 6.00. The fourth-order valence-electron chi connectivity index (χ4n) is 4.02. The number of benzene rings is 2. The number of carbonyl (C=O) groups is 1. The lowest BCUT2D eigenvalue weighted by Crippen LogP contribution is -2.34. The molecule has 0 saturated carbocycles. The Labute approximate surface area is 200 Å². The summed E-state index contributed by atoms with van der Waals surface area (Å²) in [4.78, 5) is 18.9. The summed E-state index contributed by atoms with van der Waals surface area (Å²) in [6, 6.07) is 14.1. The SMILES string of the molecule is Cc1cccc(C)c1OCCCCCCOc1cccc(/C=C2\N=C3SCCCN3C2=O)c1. The van der Waals surface area contributed by atoms with E-state index in [9.17, 15) is 4.79 Å². The second kappa shape index (κ2) is 11.4. The van der Waals surface area contributed by atoms with Gasteiger partial charge in [-0.3, -0.25) is 9.69 Å². The van der Waals surface area contributed by atoms with Gasteiger partial charge in [-0.25, -0.2) is 4.99 Å². The molecular formula is C27H32N2O3S. The van der Waals surface area contributed by atoms with Gasteiger partial charge in [0.2, 0.25) is 0 Å². The van der Waals surface area contributed by atoms with Crippen molar-refractivity contribution in [1.29, 1.82) is 0 Å². The van der Waals surface area contributed by atoms with Gasteiger partial charge in [-0.05, 0) is 80.9 Å². The summed E-state index contributed by atoms with van der Waals surface area (Å²) >= 11 is 1.66. The third-order valence-electron chi connectivity index (χ3n) is 5.79. The molecule has 1 saturated heterocycles. The monoisotopic (exact) mass is 464 g/mol. The molecule has 6 heteroatoms. The smallest absolute Gasteiger partial charge is 0.278 e. The van der Waals surface area contributed by atoms with E-state index < -0.39 is 0 Å². The van der Waals surface area contributed by atoms with E-state index in [1.807, 2.05) is 30.3 Å². The van der Waals surface area contributed by atoms with Crippen LogP contribution in [0.1, 0.15) is 48.8 Å². The Hall–Kier alpha value is -2.73. The number of aryl methyl sites for hydroxylation is 2. The highest BCUT2D eigenvalue weighted by atomic mass is 32.2. The number of rotatable bonds is 10. The Kier molecular flexibility index (Phi) is 8.10. The second-order valence-corrected chi connectivity index (χ2v) is 9.55. The van der Waals surface area contributed by atoms with Gasteiger partial charge in [-0.15, -0.1) is 0 Å². The van der Waals surface area contributed by atoms with Crippen molar-refractivity contribution in [3.63, 3.8) is 0 Å². The topological polar surface area (TPSA) is 51.1 Å². The number of carbonyl (C=O) groups excluding carboxylic acids is 1. The summed E-state index contributed by atoms with van der Waals surface area (Å²) in [5.41, 5.74) is 3.84. The predicted molar refractivity (Wildman–Crippen MR) is 136 cm³/mol. The molecule has 0 bridgehead atoms. The highest BCUT2D eigenvalue weighted by Gasteiger charge is 2.32. The molecule has 0 aromatic heterocycles. The lowest BCUT2D eigenvalue weighted by Gasteiger charge is -2.21. The fourth-order valence-corrected chi connectivity index (χ4v) is 4.97. The summed E-state index contributed by atoms with van der Waals surface area (Å²) in [6.07, 6.45) is 7.16. The minimum Gasteiger partial charge on any atom is -0.494 e. The summed E-state index contributed by atoms with van der Waals surface area (Å²) in [5.74, 6) is 2.88. The Morgan fingerprint density at radius 3 is 2.48 bits per heavy atom. The van der Waals surface area contributed by atoms with E-state index in [0.29, 0.717) is 12.3 Å². The Morgan fingerprint density at radius 1 is 1.00 bits per heavy atom. The van der Waals surface area contributed by atoms with Crippen LogP contribution < -0.4 is 9.47 Å². The summed E-state index contributed by atoms with van der Waals surface area (Å²) < 4.78 is 11.9. The molecule has 4 rings (SSSR count). The Balaban J connectivity index is 1.17. The average Bonchev–Trinajstić information content (AvgIpc) is 3.13. The minimum atomic E-state index is 0.00471. The van der Waals surface area contributed by atoms with Gasteiger partial charge in [0.25, 0.3) is 5.91 Å². The van der Waals surface area contributed by atoms with Gasteiger partial charge in [0.05, 0.1) is 13.2 Å². The Bertz CT molecular complexity index is 1030. The molecule has 0 atom stereocenters. The average molecular weight is 465 g/mol. The van der Waals surface area contributed by atoms with Gasteiger partial charge in [-0.1, -0.05) is 42.1 Å². The zero-order chi connectivity index (χ0) is 23.0. The van der Waals surface area contributed by atoms with Crippen LogP contribution in [0, 0.1) is 13.8 Å². The molecule has 0 aliphatic carbocycles. The van der Waals surface area contributed by atoms with E-state index in [0.717, 1.165) is 73.2 Å². The summed E-state index contributed by atoms with van der Waals surface area (Å²) in [7, 11) is 0. The molecule has 2 aliphatic heterocycles. The maximum Gasteiger partial charge on any atom is 0.278 e. The van der Waals surface area contributed by atoms with Crippen LogP contribution in [-0.2, 0) is 4.79 Å². The van der Waals surface area contributed by atoms with Gasteiger partial charge < -0.3 is 9.47 Å². The summed E-state index contributed by atoms with van der Waals surface area (Å²) in [6.45, 7) is 6.38. The molecule has 1 amide bonds. The number of unbranched alkanes of at least 4 members (excludes halogenated alkanes) is 3. The first kappa shape index (κ1) is 23.4. The molecule has 2 aliphatic rings. The number of para-hydroxylation sites is 1.